The Kier molecular flexibility index (Phi) is 14.3. The summed E-state index contributed by atoms with van der Waals surface area (Å²) >= 11 is 1.70. The van der Waals surface area contributed by atoms with Crippen LogP contribution in [0, 0.1) is 12.3 Å². The van der Waals surface area contributed by atoms with Crippen LogP contribution in [0.1, 0.15) is 42.6 Å². The van der Waals surface area contributed by atoms with Crippen LogP contribution >= 0.6 is 11.3 Å². The zero-order chi connectivity index (χ0) is 22.9. The first-order valence-corrected chi connectivity index (χ1v) is 10.7. The molecule has 3 aromatic rings. The Balaban J connectivity index is 0.000000644. The highest BCUT2D eigenvalue weighted by Gasteiger charge is 2.15. The van der Waals surface area contributed by atoms with E-state index in [4.69, 9.17) is 15.2 Å². The Hall–Kier alpha value is -2.99. The molecule has 0 bridgehead atoms. The van der Waals surface area contributed by atoms with E-state index < -0.39 is 0 Å². The highest BCUT2D eigenvalue weighted by Crippen LogP contribution is 2.30. The van der Waals surface area contributed by atoms with Crippen LogP contribution in [-0.2, 0) is 18.3 Å². The van der Waals surface area contributed by atoms with Gasteiger partial charge in [-0.05, 0) is 19.4 Å². The average molecular weight is 427 g/mol. The van der Waals surface area contributed by atoms with Crippen LogP contribution in [0.3, 0.4) is 0 Å². The van der Waals surface area contributed by atoms with Crippen LogP contribution in [0.5, 0.6) is 0 Å². The second-order valence-electron chi connectivity index (χ2n) is 5.79. The Morgan fingerprint density at radius 1 is 1.27 bits per heavy atom. The smallest absolute Gasteiger partial charge is 0.206 e. The lowest BCUT2D eigenvalue weighted by Gasteiger charge is -1.99. The summed E-state index contributed by atoms with van der Waals surface area (Å²) in [6.07, 6.45) is 8.49. The van der Waals surface area contributed by atoms with Crippen molar-refractivity contribution in [1.82, 2.24) is 14.9 Å². The van der Waals surface area contributed by atoms with Gasteiger partial charge in [0, 0.05) is 38.0 Å². The number of hydrogen-bond acceptors (Lipinski definition) is 4. The maximum absolute atomic E-state index is 9.06. The maximum atomic E-state index is 9.06. The SMILES string of the molecule is C=C/C=C\C.CC.CNC=O.Cc1c(C=N)c2sc(Cc3ccccc3)nc2n1C. The molecular weight excluding hydrogens is 392 g/mol. The fraction of sp³-hybridized carbons (Fsp3) is 0.292. The van der Waals surface area contributed by atoms with Crippen LogP contribution in [0.2, 0.25) is 0 Å². The van der Waals surface area contributed by atoms with Gasteiger partial charge >= 0.3 is 0 Å². The summed E-state index contributed by atoms with van der Waals surface area (Å²) in [6, 6.07) is 10.4. The first kappa shape index (κ1) is 27.0. The van der Waals surface area contributed by atoms with Crippen molar-refractivity contribution in [3.63, 3.8) is 0 Å². The molecule has 3 rings (SSSR count). The molecule has 2 N–H and O–H groups in total. The molecule has 0 radical (unpaired) electrons. The number of fused-ring (bicyclic) bond motifs is 1. The largest absolute Gasteiger partial charge is 0.362 e. The Morgan fingerprint density at radius 2 is 1.87 bits per heavy atom. The summed E-state index contributed by atoms with van der Waals surface area (Å²) in [7, 11) is 3.57. The third-order valence-corrected chi connectivity index (χ3v) is 4.98. The fourth-order valence-electron chi connectivity index (χ4n) is 2.41. The van der Waals surface area contributed by atoms with Crippen molar-refractivity contribution in [1.29, 1.82) is 5.41 Å². The first-order valence-electron chi connectivity index (χ1n) is 9.87. The molecule has 0 spiro atoms. The zero-order valence-corrected chi connectivity index (χ0v) is 19.7. The number of nitrogens with zero attached hydrogens (tertiary/aromatic N) is 2. The third kappa shape index (κ3) is 8.17. The van der Waals surface area contributed by atoms with Crippen molar-refractivity contribution in [2.24, 2.45) is 7.05 Å². The van der Waals surface area contributed by atoms with E-state index in [0.717, 1.165) is 33.0 Å². The number of thiazole rings is 1. The van der Waals surface area contributed by atoms with Crippen LogP contribution in [0.15, 0.2) is 55.1 Å². The highest BCUT2D eigenvalue weighted by atomic mass is 32.1. The number of aromatic nitrogens is 2. The summed E-state index contributed by atoms with van der Waals surface area (Å²) in [6.45, 7) is 11.5. The molecule has 1 aromatic carbocycles. The molecule has 0 saturated heterocycles. The number of carbonyl (C=O) groups excluding carboxylic acids is 1. The van der Waals surface area contributed by atoms with Crippen molar-refractivity contribution in [3.05, 3.63) is 77.0 Å². The molecule has 0 atom stereocenters. The third-order valence-electron chi connectivity index (χ3n) is 3.90. The molecule has 5 nitrogen and oxygen atoms in total. The quantitative estimate of drug-likeness (QED) is 0.313. The van der Waals surface area contributed by atoms with Crippen LogP contribution in [-0.4, -0.2) is 29.2 Å². The molecule has 0 aliphatic carbocycles. The molecule has 0 aliphatic rings. The number of rotatable bonds is 5. The summed E-state index contributed by atoms with van der Waals surface area (Å²) in [4.78, 5) is 13.8. The molecule has 0 fully saturated rings. The maximum Gasteiger partial charge on any atom is 0.206 e. The van der Waals surface area contributed by atoms with E-state index in [2.05, 4.69) is 40.7 Å². The molecule has 30 heavy (non-hydrogen) atoms. The number of amides is 1. The predicted molar refractivity (Wildman–Crippen MR) is 132 cm³/mol. The standard InChI is InChI=1S/C15H15N3S.C5H8.C2H5NO.C2H6/c1-10-12(9-16)14-15(18(10)2)17-13(19-14)8-11-6-4-3-5-7-11;1-3-5-4-2;1-3-2-4;1-2/h3-7,9,16H,8H2,1-2H3;3-5H,1H2,2H3;2H,1H3,(H,3,4);1-2H3/b;5-4-;;. The zero-order valence-electron chi connectivity index (χ0n) is 18.9. The molecule has 162 valence electrons. The number of aryl methyl sites for hydroxylation is 1. The van der Waals surface area contributed by atoms with E-state index in [9.17, 15) is 0 Å². The van der Waals surface area contributed by atoms with E-state index in [1.54, 1.807) is 24.5 Å². The van der Waals surface area contributed by atoms with Gasteiger partial charge in [0.15, 0.2) is 5.65 Å². The lowest BCUT2D eigenvalue weighted by molar-refractivity contribution is -0.109. The van der Waals surface area contributed by atoms with Crippen molar-refractivity contribution >= 4 is 34.3 Å². The van der Waals surface area contributed by atoms with Gasteiger partial charge in [0.25, 0.3) is 0 Å². The van der Waals surface area contributed by atoms with Gasteiger partial charge in [-0.15, -0.1) is 11.3 Å². The van der Waals surface area contributed by atoms with Crippen molar-refractivity contribution in [3.8, 4) is 0 Å². The second kappa shape index (κ2) is 15.9. The van der Waals surface area contributed by atoms with Crippen molar-refractivity contribution in [2.75, 3.05) is 7.05 Å². The number of hydrogen-bond donors (Lipinski definition) is 2. The van der Waals surface area contributed by atoms with Crippen molar-refractivity contribution in [2.45, 2.75) is 34.1 Å². The summed E-state index contributed by atoms with van der Waals surface area (Å²) in [5, 5.41) is 10.9. The van der Waals surface area contributed by atoms with Gasteiger partial charge in [-0.1, -0.05) is 69.0 Å². The Morgan fingerprint density at radius 3 is 2.30 bits per heavy atom. The lowest BCUT2D eigenvalue weighted by atomic mass is 10.2. The number of carbonyl (C=O) groups is 1. The first-order chi connectivity index (χ1) is 14.5. The number of allylic oxidation sites excluding steroid dienone is 3. The number of nitrogens with one attached hydrogen (secondary N) is 2. The van der Waals surface area contributed by atoms with Crippen LogP contribution in [0.4, 0.5) is 0 Å². The van der Waals surface area contributed by atoms with E-state index in [1.807, 2.05) is 53.0 Å². The topological polar surface area (TPSA) is 70.8 Å². The Labute approximate surface area is 184 Å². The van der Waals surface area contributed by atoms with Gasteiger partial charge in [-0.2, -0.15) is 0 Å². The molecular formula is C24H34N4OS. The van der Waals surface area contributed by atoms with Crippen LogP contribution < -0.4 is 5.32 Å². The van der Waals surface area contributed by atoms with Gasteiger partial charge in [-0.25, -0.2) is 4.98 Å². The molecule has 0 saturated carbocycles. The van der Waals surface area contributed by atoms with Gasteiger partial charge in [-0.3, -0.25) is 4.79 Å². The number of benzene rings is 1. The minimum absolute atomic E-state index is 0.625. The van der Waals surface area contributed by atoms with Crippen molar-refractivity contribution < 1.29 is 4.79 Å². The minimum atomic E-state index is 0.625. The lowest BCUT2D eigenvalue weighted by Crippen LogP contribution is -1.98. The molecule has 6 heteroatoms. The van der Waals surface area contributed by atoms with Gasteiger partial charge < -0.3 is 15.3 Å². The van der Waals surface area contributed by atoms with E-state index >= 15 is 0 Å². The molecule has 2 aromatic heterocycles. The van der Waals surface area contributed by atoms with E-state index in [0.29, 0.717) is 6.41 Å². The second-order valence-corrected chi connectivity index (χ2v) is 6.88. The fourth-order valence-corrected chi connectivity index (χ4v) is 3.61. The van der Waals surface area contributed by atoms with Gasteiger partial charge in [0.05, 0.1) is 4.70 Å². The molecule has 0 aliphatic heterocycles. The van der Waals surface area contributed by atoms with Gasteiger partial charge in [0.1, 0.15) is 5.01 Å². The highest BCUT2D eigenvalue weighted by molar-refractivity contribution is 7.19. The summed E-state index contributed by atoms with van der Waals surface area (Å²) in [5.74, 6) is 0. The summed E-state index contributed by atoms with van der Waals surface area (Å²) in [5.41, 5.74) is 4.37. The van der Waals surface area contributed by atoms with Gasteiger partial charge in [0.2, 0.25) is 6.41 Å². The van der Waals surface area contributed by atoms with E-state index in [1.165, 1.54) is 11.8 Å². The normalized spacial score (nSPS) is 9.40. The average Bonchev–Trinajstić information content (AvgIpc) is 3.28. The summed E-state index contributed by atoms with van der Waals surface area (Å²) < 4.78 is 3.20. The van der Waals surface area contributed by atoms with E-state index in [-0.39, 0.29) is 0 Å². The molecule has 2 heterocycles. The minimum Gasteiger partial charge on any atom is -0.362 e. The molecule has 1 amide bonds. The predicted octanol–water partition coefficient (Wildman–Crippen LogP) is 5.67. The monoisotopic (exact) mass is 426 g/mol. The Bertz CT molecular complexity index is 924. The molecule has 0 unspecified atom stereocenters. The van der Waals surface area contributed by atoms with Crippen LogP contribution in [0.25, 0.3) is 10.3 Å².